The minimum absolute atomic E-state index is 0.183. The molecular formula is C19H34N4O8S. The van der Waals surface area contributed by atoms with E-state index in [1.165, 1.54) is 18.7 Å². The molecule has 3 amide bonds. The Morgan fingerprint density at radius 2 is 1.38 bits per heavy atom. The van der Waals surface area contributed by atoms with E-state index in [1.807, 2.05) is 0 Å². The first kappa shape index (κ1) is 29.6. The van der Waals surface area contributed by atoms with Crippen LogP contribution in [-0.4, -0.2) is 87.3 Å². The van der Waals surface area contributed by atoms with Crippen molar-refractivity contribution in [3.05, 3.63) is 0 Å². The summed E-state index contributed by atoms with van der Waals surface area (Å²) in [6.07, 6.45) is 0.0828. The fourth-order valence-corrected chi connectivity index (χ4v) is 3.04. The number of hydrogen-bond acceptors (Lipinski definition) is 8. The number of hydrogen-bond donors (Lipinski definition) is 7. The van der Waals surface area contributed by atoms with Crippen molar-refractivity contribution >= 4 is 41.4 Å². The topological polar surface area (TPSA) is 208 Å². The molecule has 13 heteroatoms. The summed E-state index contributed by atoms with van der Waals surface area (Å²) in [7, 11) is 0. The fourth-order valence-electron chi connectivity index (χ4n) is 2.57. The Morgan fingerprint density at radius 1 is 0.875 bits per heavy atom. The molecule has 0 aliphatic rings. The van der Waals surface area contributed by atoms with Gasteiger partial charge in [-0.2, -0.15) is 11.8 Å². The number of rotatable bonds is 15. The molecule has 0 saturated carbocycles. The SMILES string of the molecule is CSCCC(NC(=O)C(N)C(C)O)C(=O)NC(CCC(=O)O)C(=O)NC(C(=O)O)C(C)C. The highest BCUT2D eigenvalue weighted by molar-refractivity contribution is 7.98. The summed E-state index contributed by atoms with van der Waals surface area (Å²) in [6.45, 7) is 4.49. The second kappa shape index (κ2) is 14.6. The zero-order valence-electron chi connectivity index (χ0n) is 18.7. The Morgan fingerprint density at radius 3 is 1.81 bits per heavy atom. The van der Waals surface area contributed by atoms with E-state index in [1.54, 1.807) is 20.1 Å². The zero-order chi connectivity index (χ0) is 25.0. The van der Waals surface area contributed by atoms with Gasteiger partial charge in [-0.1, -0.05) is 13.8 Å². The zero-order valence-corrected chi connectivity index (χ0v) is 19.5. The monoisotopic (exact) mass is 478 g/mol. The first-order valence-corrected chi connectivity index (χ1v) is 11.5. The summed E-state index contributed by atoms with van der Waals surface area (Å²) in [4.78, 5) is 60.0. The summed E-state index contributed by atoms with van der Waals surface area (Å²) in [5.41, 5.74) is 5.60. The predicted octanol–water partition coefficient (Wildman–Crippen LogP) is -1.49. The van der Waals surface area contributed by atoms with Crippen LogP contribution in [0.4, 0.5) is 0 Å². The average Bonchev–Trinajstić information content (AvgIpc) is 2.70. The number of nitrogens with one attached hydrogen (secondary N) is 3. The lowest BCUT2D eigenvalue weighted by molar-refractivity contribution is -0.144. The van der Waals surface area contributed by atoms with Crippen molar-refractivity contribution < 1.29 is 39.3 Å². The molecule has 5 atom stereocenters. The Labute approximate surface area is 191 Å². The second-order valence-electron chi connectivity index (χ2n) is 7.67. The van der Waals surface area contributed by atoms with Crippen molar-refractivity contribution in [3.63, 3.8) is 0 Å². The summed E-state index contributed by atoms with van der Waals surface area (Å²) >= 11 is 1.41. The molecule has 0 radical (unpaired) electrons. The molecule has 5 unspecified atom stereocenters. The van der Waals surface area contributed by atoms with Gasteiger partial charge in [-0.3, -0.25) is 19.2 Å². The molecule has 0 aromatic rings. The third kappa shape index (κ3) is 10.8. The number of carbonyl (C=O) groups is 5. The van der Waals surface area contributed by atoms with E-state index >= 15 is 0 Å². The van der Waals surface area contributed by atoms with Crippen LogP contribution in [0, 0.1) is 5.92 Å². The third-order valence-electron chi connectivity index (χ3n) is 4.58. The molecule has 0 spiro atoms. The third-order valence-corrected chi connectivity index (χ3v) is 5.22. The normalized spacial score (nSPS) is 15.7. The van der Waals surface area contributed by atoms with Crippen LogP contribution in [0.15, 0.2) is 0 Å². The number of aliphatic hydroxyl groups excluding tert-OH is 1. The van der Waals surface area contributed by atoms with Crippen LogP contribution in [0.2, 0.25) is 0 Å². The first-order chi connectivity index (χ1) is 14.8. The van der Waals surface area contributed by atoms with E-state index in [0.717, 1.165) is 0 Å². The van der Waals surface area contributed by atoms with E-state index < -0.39 is 72.3 Å². The van der Waals surface area contributed by atoms with Gasteiger partial charge in [0.2, 0.25) is 17.7 Å². The number of thioether (sulfide) groups is 1. The summed E-state index contributed by atoms with van der Waals surface area (Å²) < 4.78 is 0. The average molecular weight is 479 g/mol. The van der Waals surface area contributed by atoms with Crippen molar-refractivity contribution in [1.29, 1.82) is 0 Å². The van der Waals surface area contributed by atoms with Crippen molar-refractivity contribution in [3.8, 4) is 0 Å². The molecule has 0 bridgehead atoms. The van der Waals surface area contributed by atoms with Gasteiger partial charge >= 0.3 is 11.9 Å². The minimum Gasteiger partial charge on any atom is -0.481 e. The molecule has 0 rings (SSSR count). The molecule has 0 aromatic heterocycles. The van der Waals surface area contributed by atoms with Gasteiger partial charge in [0.25, 0.3) is 0 Å². The van der Waals surface area contributed by atoms with Crippen molar-refractivity contribution in [2.45, 2.75) is 70.3 Å². The molecular weight excluding hydrogens is 444 g/mol. The van der Waals surface area contributed by atoms with Crippen LogP contribution in [0.3, 0.4) is 0 Å². The van der Waals surface area contributed by atoms with Crippen molar-refractivity contribution in [2.75, 3.05) is 12.0 Å². The standard InChI is InChI=1S/C19H34N4O8S/c1-9(2)15(19(30)31)23-17(28)11(5-6-13(25)26)21-16(27)12(7-8-32-4)22-18(29)14(20)10(3)24/h9-12,14-15,24H,5-8,20H2,1-4H3,(H,21,27)(H,22,29)(H,23,28)(H,25,26)(H,30,31). The Bertz CT molecular complexity index is 674. The van der Waals surface area contributed by atoms with Crippen LogP contribution in [0.5, 0.6) is 0 Å². The molecule has 0 aliphatic carbocycles. The van der Waals surface area contributed by atoms with Gasteiger partial charge in [0.1, 0.15) is 24.2 Å². The Kier molecular flexibility index (Phi) is 13.5. The molecule has 0 aliphatic heterocycles. The van der Waals surface area contributed by atoms with Gasteiger partial charge in [-0.15, -0.1) is 0 Å². The van der Waals surface area contributed by atoms with Gasteiger partial charge in [-0.25, -0.2) is 4.79 Å². The molecule has 12 nitrogen and oxygen atoms in total. The minimum atomic E-state index is -1.33. The van der Waals surface area contributed by atoms with Gasteiger partial charge in [0.15, 0.2) is 0 Å². The maximum absolute atomic E-state index is 12.8. The van der Waals surface area contributed by atoms with Crippen LogP contribution in [0.1, 0.15) is 40.0 Å². The van der Waals surface area contributed by atoms with Gasteiger partial charge in [-0.05, 0) is 37.7 Å². The number of aliphatic hydroxyl groups is 1. The van der Waals surface area contributed by atoms with E-state index in [2.05, 4.69) is 16.0 Å². The molecule has 0 fully saturated rings. The molecule has 184 valence electrons. The molecule has 0 saturated heterocycles. The molecule has 0 aromatic carbocycles. The summed E-state index contributed by atoms with van der Waals surface area (Å²) in [6, 6.07) is -4.94. The lowest BCUT2D eigenvalue weighted by Crippen LogP contribution is -2.58. The van der Waals surface area contributed by atoms with Crippen LogP contribution < -0.4 is 21.7 Å². The van der Waals surface area contributed by atoms with E-state index in [0.29, 0.717) is 5.75 Å². The lowest BCUT2D eigenvalue weighted by Gasteiger charge is -2.26. The lowest BCUT2D eigenvalue weighted by atomic mass is 10.0. The Balaban J connectivity index is 5.53. The number of carboxylic acids is 2. The predicted molar refractivity (Wildman–Crippen MR) is 118 cm³/mol. The Hall–Kier alpha value is -2.38. The maximum atomic E-state index is 12.8. The number of nitrogens with two attached hydrogens (primary N) is 1. The van der Waals surface area contributed by atoms with Gasteiger partial charge < -0.3 is 37.0 Å². The largest absolute Gasteiger partial charge is 0.481 e. The van der Waals surface area contributed by atoms with Gasteiger partial charge in [0.05, 0.1) is 6.10 Å². The summed E-state index contributed by atoms with van der Waals surface area (Å²) in [5, 5.41) is 34.9. The number of aliphatic carboxylic acids is 2. The van der Waals surface area contributed by atoms with Crippen molar-refractivity contribution in [2.24, 2.45) is 11.7 Å². The van der Waals surface area contributed by atoms with E-state index in [-0.39, 0.29) is 12.8 Å². The fraction of sp³-hybridized carbons (Fsp3) is 0.737. The van der Waals surface area contributed by atoms with Crippen LogP contribution in [-0.2, 0) is 24.0 Å². The summed E-state index contributed by atoms with van der Waals surface area (Å²) in [5.74, 6) is -4.83. The maximum Gasteiger partial charge on any atom is 0.326 e. The van der Waals surface area contributed by atoms with Crippen LogP contribution >= 0.6 is 11.8 Å². The second-order valence-corrected chi connectivity index (χ2v) is 8.66. The highest BCUT2D eigenvalue weighted by Crippen LogP contribution is 2.07. The van der Waals surface area contributed by atoms with Crippen molar-refractivity contribution in [1.82, 2.24) is 16.0 Å². The number of carbonyl (C=O) groups excluding carboxylic acids is 3. The van der Waals surface area contributed by atoms with E-state index in [4.69, 9.17) is 10.8 Å². The van der Waals surface area contributed by atoms with Gasteiger partial charge in [0, 0.05) is 6.42 Å². The number of amides is 3. The number of carboxylic acid groups (broad SMARTS) is 2. The molecule has 32 heavy (non-hydrogen) atoms. The highest BCUT2D eigenvalue weighted by Gasteiger charge is 2.31. The first-order valence-electron chi connectivity index (χ1n) is 10.1. The van der Waals surface area contributed by atoms with E-state index in [9.17, 15) is 34.2 Å². The quantitative estimate of drug-likeness (QED) is 0.145. The molecule has 8 N–H and O–H groups in total. The smallest absolute Gasteiger partial charge is 0.326 e. The highest BCUT2D eigenvalue weighted by atomic mass is 32.2. The molecule has 0 heterocycles. The van der Waals surface area contributed by atoms with Crippen LogP contribution in [0.25, 0.3) is 0 Å².